The fraction of sp³-hybridized carbons (Fsp3) is 0.900. The summed E-state index contributed by atoms with van der Waals surface area (Å²) in [5.74, 6) is 0.249. The first-order chi connectivity index (χ1) is 6.29. The van der Waals surface area contributed by atoms with Gasteiger partial charge in [-0.05, 0) is 12.8 Å². The molecule has 1 aliphatic carbocycles. The van der Waals surface area contributed by atoms with Crippen molar-refractivity contribution in [2.75, 3.05) is 13.1 Å². The number of hydrogen-bond acceptors (Lipinski definition) is 2. The summed E-state index contributed by atoms with van der Waals surface area (Å²) in [6.45, 7) is 3.56. The molecular weight excluding hydrogens is 164 g/mol. The van der Waals surface area contributed by atoms with E-state index < -0.39 is 0 Å². The molecule has 0 radical (unpaired) electrons. The van der Waals surface area contributed by atoms with Crippen LogP contribution in [0.15, 0.2) is 0 Å². The van der Waals surface area contributed by atoms with Crippen LogP contribution in [-0.4, -0.2) is 36.0 Å². The van der Waals surface area contributed by atoms with Crippen LogP contribution in [0.2, 0.25) is 0 Å². The van der Waals surface area contributed by atoms with Crippen molar-refractivity contribution in [2.24, 2.45) is 0 Å². The maximum absolute atomic E-state index is 11.4. The van der Waals surface area contributed by atoms with Gasteiger partial charge in [-0.15, -0.1) is 0 Å². The van der Waals surface area contributed by atoms with E-state index in [9.17, 15) is 4.79 Å². The van der Waals surface area contributed by atoms with E-state index in [1.807, 2.05) is 0 Å². The summed E-state index contributed by atoms with van der Waals surface area (Å²) in [7, 11) is 0. The Bertz CT molecular complexity index is 203. The Balaban J connectivity index is 2.06. The van der Waals surface area contributed by atoms with Crippen LogP contribution in [0.5, 0.6) is 0 Å². The predicted octanol–water partition coefficient (Wildman–Crippen LogP) is 0.749. The van der Waals surface area contributed by atoms with Crippen molar-refractivity contribution in [3.05, 3.63) is 0 Å². The Morgan fingerprint density at radius 2 is 2.15 bits per heavy atom. The van der Waals surface area contributed by atoms with Gasteiger partial charge in [0.1, 0.15) is 0 Å². The first-order valence-corrected chi connectivity index (χ1v) is 5.29. The minimum absolute atomic E-state index is 0.249. The molecule has 2 fully saturated rings. The third-order valence-corrected chi connectivity index (χ3v) is 3.29. The topological polar surface area (TPSA) is 32.3 Å². The molecule has 1 saturated heterocycles. The third kappa shape index (κ3) is 1.70. The van der Waals surface area contributed by atoms with Gasteiger partial charge in [0.05, 0.1) is 0 Å². The molecule has 3 nitrogen and oxygen atoms in total. The standard InChI is InChI=1S/C10H18N2O/c1-8(13)12-7-6-11-9-4-2-3-5-10(9)12/h9-11H,2-7H2,1H3/t9-,10+/m0/s1. The van der Waals surface area contributed by atoms with Crippen LogP contribution >= 0.6 is 0 Å². The molecule has 1 saturated carbocycles. The highest BCUT2D eigenvalue weighted by Crippen LogP contribution is 2.25. The van der Waals surface area contributed by atoms with Gasteiger partial charge < -0.3 is 10.2 Å². The van der Waals surface area contributed by atoms with Crippen molar-refractivity contribution in [3.8, 4) is 0 Å². The van der Waals surface area contributed by atoms with E-state index in [2.05, 4.69) is 10.2 Å². The Labute approximate surface area is 79.5 Å². The SMILES string of the molecule is CC(=O)N1CCN[C@H]2CCCC[C@H]21. The lowest BCUT2D eigenvalue weighted by Gasteiger charge is -2.44. The second kappa shape index (κ2) is 3.66. The average Bonchev–Trinajstić information content (AvgIpc) is 2.17. The molecule has 0 aromatic heterocycles. The van der Waals surface area contributed by atoms with Gasteiger partial charge in [0.15, 0.2) is 0 Å². The number of nitrogens with zero attached hydrogens (tertiary/aromatic N) is 1. The van der Waals surface area contributed by atoms with Gasteiger partial charge in [0, 0.05) is 32.1 Å². The molecular formula is C10H18N2O. The van der Waals surface area contributed by atoms with Crippen molar-refractivity contribution in [1.82, 2.24) is 10.2 Å². The van der Waals surface area contributed by atoms with Gasteiger partial charge in [-0.3, -0.25) is 4.79 Å². The molecule has 13 heavy (non-hydrogen) atoms. The number of nitrogens with one attached hydrogen (secondary N) is 1. The molecule has 1 heterocycles. The van der Waals surface area contributed by atoms with Crippen molar-refractivity contribution >= 4 is 5.91 Å². The number of carbonyl (C=O) groups excluding carboxylic acids is 1. The predicted molar refractivity (Wildman–Crippen MR) is 51.4 cm³/mol. The highest BCUT2D eigenvalue weighted by atomic mass is 16.2. The lowest BCUT2D eigenvalue weighted by molar-refractivity contribution is -0.133. The second-order valence-electron chi connectivity index (χ2n) is 4.12. The van der Waals surface area contributed by atoms with Gasteiger partial charge in [0.2, 0.25) is 5.91 Å². The lowest BCUT2D eigenvalue weighted by atomic mass is 9.87. The number of fused-ring (bicyclic) bond motifs is 1. The van der Waals surface area contributed by atoms with E-state index in [0.717, 1.165) is 13.1 Å². The minimum atomic E-state index is 0.249. The summed E-state index contributed by atoms with van der Waals surface area (Å²) >= 11 is 0. The number of carbonyl (C=O) groups is 1. The van der Waals surface area contributed by atoms with Crippen LogP contribution < -0.4 is 5.32 Å². The van der Waals surface area contributed by atoms with Gasteiger partial charge >= 0.3 is 0 Å². The summed E-state index contributed by atoms with van der Waals surface area (Å²) in [6.07, 6.45) is 5.04. The quantitative estimate of drug-likeness (QED) is 0.599. The molecule has 3 heteroatoms. The zero-order valence-electron chi connectivity index (χ0n) is 8.25. The van der Waals surface area contributed by atoms with E-state index in [-0.39, 0.29) is 5.91 Å². The molecule has 2 rings (SSSR count). The van der Waals surface area contributed by atoms with Crippen molar-refractivity contribution < 1.29 is 4.79 Å². The first-order valence-electron chi connectivity index (χ1n) is 5.29. The van der Waals surface area contributed by atoms with E-state index >= 15 is 0 Å². The van der Waals surface area contributed by atoms with Gasteiger partial charge in [0.25, 0.3) is 0 Å². The molecule has 0 bridgehead atoms. The highest BCUT2D eigenvalue weighted by molar-refractivity contribution is 5.73. The van der Waals surface area contributed by atoms with Crippen molar-refractivity contribution in [1.29, 1.82) is 0 Å². The Morgan fingerprint density at radius 3 is 2.92 bits per heavy atom. The average molecular weight is 182 g/mol. The number of hydrogen-bond donors (Lipinski definition) is 1. The number of rotatable bonds is 0. The van der Waals surface area contributed by atoms with Crippen LogP contribution in [-0.2, 0) is 4.79 Å². The van der Waals surface area contributed by atoms with E-state index in [0.29, 0.717) is 12.1 Å². The summed E-state index contributed by atoms with van der Waals surface area (Å²) in [5, 5.41) is 3.51. The highest BCUT2D eigenvalue weighted by Gasteiger charge is 2.33. The maximum atomic E-state index is 11.4. The van der Waals surface area contributed by atoms with Crippen LogP contribution in [0.1, 0.15) is 32.6 Å². The monoisotopic (exact) mass is 182 g/mol. The maximum Gasteiger partial charge on any atom is 0.219 e. The molecule has 2 aliphatic rings. The molecule has 0 spiro atoms. The number of amides is 1. The summed E-state index contributed by atoms with van der Waals surface area (Å²) in [5.41, 5.74) is 0. The normalized spacial score (nSPS) is 34.1. The first kappa shape index (κ1) is 9.00. The molecule has 0 aromatic rings. The van der Waals surface area contributed by atoms with E-state index in [4.69, 9.17) is 0 Å². The Hall–Kier alpha value is -0.570. The molecule has 1 aliphatic heterocycles. The zero-order valence-corrected chi connectivity index (χ0v) is 8.25. The Morgan fingerprint density at radius 1 is 1.38 bits per heavy atom. The van der Waals surface area contributed by atoms with E-state index in [1.165, 1.54) is 25.7 Å². The molecule has 0 aromatic carbocycles. The van der Waals surface area contributed by atoms with Crippen molar-refractivity contribution in [2.45, 2.75) is 44.7 Å². The van der Waals surface area contributed by atoms with Gasteiger partial charge in [-0.2, -0.15) is 0 Å². The van der Waals surface area contributed by atoms with Crippen molar-refractivity contribution in [3.63, 3.8) is 0 Å². The van der Waals surface area contributed by atoms with Crippen LogP contribution in [0.4, 0.5) is 0 Å². The molecule has 1 N–H and O–H groups in total. The number of piperazine rings is 1. The smallest absolute Gasteiger partial charge is 0.219 e. The minimum Gasteiger partial charge on any atom is -0.337 e. The largest absolute Gasteiger partial charge is 0.337 e. The third-order valence-electron chi connectivity index (χ3n) is 3.29. The molecule has 0 unspecified atom stereocenters. The summed E-state index contributed by atoms with van der Waals surface area (Å²) < 4.78 is 0. The van der Waals surface area contributed by atoms with Gasteiger partial charge in [-0.25, -0.2) is 0 Å². The van der Waals surface area contributed by atoms with Crippen LogP contribution in [0, 0.1) is 0 Å². The van der Waals surface area contributed by atoms with Gasteiger partial charge in [-0.1, -0.05) is 12.8 Å². The molecule has 74 valence electrons. The summed E-state index contributed by atoms with van der Waals surface area (Å²) in [4.78, 5) is 13.4. The molecule has 1 amide bonds. The fourth-order valence-corrected chi connectivity index (χ4v) is 2.65. The Kier molecular flexibility index (Phi) is 2.54. The summed E-state index contributed by atoms with van der Waals surface area (Å²) in [6, 6.07) is 1.06. The second-order valence-corrected chi connectivity index (χ2v) is 4.12. The fourth-order valence-electron chi connectivity index (χ4n) is 2.65. The zero-order chi connectivity index (χ0) is 9.26. The lowest BCUT2D eigenvalue weighted by Crippen LogP contribution is -2.60. The molecule has 2 atom stereocenters. The van der Waals surface area contributed by atoms with Crippen LogP contribution in [0.25, 0.3) is 0 Å². The van der Waals surface area contributed by atoms with Crippen LogP contribution in [0.3, 0.4) is 0 Å². The van der Waals surface area contributed by atoms with E-state index in [1.54, 1.807) is 6.92 Å².